The molecule has 0 bridgehead atoms. The molecule has 0 aromatic heterocycles. The summed E-state index contributed by atoms with van der Waals surface area (Å²) in [5.74, 6) is -0.482. The van der Waals surface area contributed by atoms with Crippen molar-refractivity contribution >= 4 is 46.4 Å². The van der Waals surface area contributed by atoms with Gasteiger partial charge in [-0.15, -0.1) is 0 Å². The van der Waals surface area contributed by atoms with Crippen molar-refractivity contribution in [2.24, 2.45) is 0 Å². The summed E-state index contributed by atoms with van der Waals surface area (Å²) in [6.07, 6.45) is 0. The number of rotatable bonds is 2. The molecule has 2 nitrogen and oxygen atoms in total. The lowest BCUT2D eigenvalue weighted by atomic mass is 10.2. The molecule has 1 rings (SSSR count). The Morgan fingerprint density at radius 1 is 1.43 bits per heavy atom. The predicted molar refractivity (Wildman–Crippen MR) is 60.3 cm³/mol. The third-order valence-electron chi connectivity index (χ3n) is 1.67. The van der Waals surface area contributed by atoms with E-state index < -0.39 is 10.7 Å². The van der Waals surface area contributed by atoms with E-state index in [4.69, 9.17) is 34.8 Å². The molecule has 76 valence electrons. The first kappa shape index (κ1) is 11.6. The van der Waals surface area contributed by atoms with Gasteiger partial charge in [-0.25, -0.2) is 0 Å². The van der Waals surface area contributed by atoms with Crippen LogP contribution in [0.5, 0.6) is 0 Å². The number of para-hydroxylation sites is 1. The number of benzene rings is 1. The number of nitrogens with one attached hydrogen (secondary N) is 1. The van der Waals surface area contributed by atoms with Gasteiger partial charge < -0.3 is 5.32 Å². The van der Waals surface area contributed by atoms with Crippen molar-refractivity contribution in [3.63, 3.8) is 0 Å². The van der Waals surface area contributed by atoms with Crippen LogP contribution in [0.4, 0.5) is 5.69 Å². The van der Waals surface area contributed by atoms with E-state index in [9.17, 15) is 4.79 Å². The van der Waals surface area contributed by atoms with Gasteiger partial charge in [-0.1, -0.05) is 46.9 Å². The van der Waals surface area contributed by atoms with Crippen molar-refractivity contribution in [1.29, 1.82) is 0 Å². The van der Waals surface area contributed by atoms with Crippen molar-refractivity contribution in [2.75, 3.05) is 5.32 Å². The Hall–Kier alpha value is -0.440. The zero-order chi connectivity index (χ0) is 10.7. The molecule has 14 heavy (non-hydrogen) atoms. The molecule has 0 aliphatic rings. The number of alkyl halides is 2. The van der Waals surface area contributed by atoms with Gasteiger partial charge in [-0.3, -0.25) is 4.79 Å². The highest BCUT2D eigenvalue weighted by molar-refractivity contribution is 6.54. The molecule has 0 fully saturated rings. The Bertz CT molecular complexity index is 332. The van der Waals surface area contributed by atoms with Crippen LogP contribution in [0.2, 0.25) is 5.02 Å². The van der Waals surface area contributed by atoms with Gasteiger partial charge in [0.2, 0.25) is 0 Å². The SMILES string of the molecule is Cc1cccc(Cl)c1NC(=O)C(Cl)Cl. The van der Waals surface area contributed by atoms with E-state index in [2.05, 4.69) is 5.32 Å². The fourth-order valence-electron chi connectivity index (χ4n) is 0.968. The number of carbonyl (C=O) groups is 1. The van der Waals surface area contributed by atoms with Gasteiger partial charge in [0.05, 0.1) is 10.7 Å². The molecule has 0 aliphatic carbocycles. The summed E-state index contributed by atoms with van der Waals surface area (Å²) in [7, 11) is 0. The number of hydrogen-bond acceptors (Lipinski definition) is 1. The van der Waals surface area contributed by atoms with E-state index in [-0.39, 0.29) is 0 Å². The van der Waals surface area contributed by atoms with Crippen LogP contribution >= 0.6 is 34.8 Å². The van der Waals surface area contributed by atoms with Crippen LogP contribution in [0, 0.1) is 6.92 Å². The lowest BCUT2D eigenvalue weighted by Crippen LogP contribution is -2.19. The zero-order valence-electron chi connectivity index (χ0n) is 7.35. The van der Waals surface area contributed by atoms with E-state index in [0.717, 1.165) is 5.56 Å². The highest BCUT2D eigenvalue weighted by atomic mass is 35.5. The van der Waals surface area contributed by atoms with Crippen molar-refractivity contribution in [1.82, 2.24) is 0 Å². The minimum Gasteiger partial charge on any atom is -0.322 e. The Morgan fingerprint density at radius 3 is 2.57 bits per heavy atom. The number of aryl methyl sites for hydroxylation is 1. The number of carbonyl (C=O) groups excluding carboxylic acids is 1. The molecular weight excluding hydrogens is 244 g/mol. The fraction of sp³-hybridized carbons (Fsp3) is 0.222. The van der Waals surface area contributed by atoms with Gasteiger partial charge in [0.25, 0.3) is 5.91 Å². The highest BCUT2D eigenvalue weighted by Crippen LogP contribution is 2.25. The van der Waals surface area contributed by atoms with Gasteiger partial charge >= 0.3 is 0 Å². The molecule has 0 saturated heterocycles. The highest BCUT2D eigenvalue weighted by Gasteiger charge is 2.13. The largest absolute Gasteiger partial charge is 0.322 e. The van der Waals surface area contributed by atoms with Gasteiger partial charge in [-0.05, 0) is 18.6 Å². The van der Waals surface area contributed by atoms with E-state index in [0.29, 0.717) is 10.7 Å². The molecule has 0 heterocycles. The summed E-state index contributed by atoms with van der Waals surface area (Å²) in [6.45, 7) is 1.83. The topological polar surface area (TPSA) is 29.1 Å². The number of hydrogen-bond donors (Lipinski definition) is 1. The summed E-state index contributed by atoms with van der Waals surface area (Å²) >= 11 is 16.7. The first-order valence-corrected chi connectivity index (χ1v) is 5.11. The van der Waals surface area contributed by atoms with Crippen LogP contribution in [0.15, 0.2) is 18.2 Å². The molecule has 0 radical (unpaired) electrons. The van der Waals surface area contributed by atoms with E-state index in [1.54, 1.807) is 12.1 Å². The lowest BCUT2D eigenvalue weighted by molar-refractivity contribution is -0.114. The second kappa shape index (κ2) is 4.87. The average molecular weight is 253 g/mol. The second-order valence-electron chi connectivity index (χ2n) is 2.72. The van der Waals surface area contributed by atoms with E-state index in [1.807, 2.05) is 13.0 Å². The molecule has 1 amide bonds. The maximum absolute atomic E-state index is 11.2. The summed E-state index contributed by atoms with van der Waals surface area (Å²) in [4.78, 5) is 10.1. The predicted octanol–water partition coefficient (Wildman–Crippen LogP) is 3.39. The zero-order valence-corrected chi connectivity index (χ0v) is 9.62. The smallest absolute Gasteiger partial charge is 0.257 e. The number of anilines is 1. The molecule has 0 spiro atoms. The maximum Gasteiger partial charge on any atom is 0.257 e. The van der Waals surface area contributed by atoms with Gasteiger partial charge in [0.15, 0.2) is 4.84 Å². The first-order chi connectivity index (χ1) is 6.52. The Labute approximate surface area is 97.1 Å². The standard InChI is InChI=1S/C9H8Cl3NO/c1-5-3-2-4-6(10)7(5)13-9(14)8(11)12/h2-4,8H,1H3,(H,13,14). The molecule has 0 aliphatic heterocycles. The minimum atomic E-state index is -1.09. The lowest BCUT2D eigenvalue weighted by Gasteiger charge is -2.10. The van der Waals surface area contributed by atoms with Gasteiger partial charge in [-0.2, -0.15) is 0 Å². The molecule has 0 saturated carbocycles. The quantitative estimate of drug-likeness (QED) is 0.803. The molecular formula is C9H8Cl3NO. The van der Waals surface area contributed by atoms with Crippen molar-refractivity contribution in [2.45, 2.75) is 11.8 Å². The summed E-state index contributed by atoms with van der Waals surface area (Å²) in [6, 6.07) is 5.31. The monoisotopic (exact) mass is 251 g/mol. The first-order valence-electron chi connectivity index (χ1n) is 3.86. The van der Waals surface area contributed by atoms with Crippen LogP contribution in [0.3, 0.4) is 0 Å². The third kappa shape index (κ3) is 2.77. The van der Waals surface area contributed by atoms with Crippen LogP contribution in [0.1, 0.15) is 5.56 Å². The Balaban J connectivity index is 2.91. The molecule has 1 N–H and O–H groups in total. The minimum absolute atomic E-state index is 0.465. The van der Waals surface area contributed by atoms with Crippen molar-refractivity contribution in [3.8, 4) is 0 Å². The Morgan fingerprint density at radius 2 is 2.07 bits per heavy atom. The van der Waals surface area contributed by atoms with Gasteiger partial charge in [0, 0.05) is 0 Å². The van der Waals surface area contributed by atoms with Crippen LogP contribution in [-0.4, -0.2) is 10.7 Å². The maximum atomic E-state index is 11.2. The molecule has 1 aromatic rings. The van der Waals surface area contributed by atoms with E-state index in [1.165, 1.54) is 0 Å². The number of halogens is 3. The summed E-state index contributed by atoms with van der Waals surface area (Å²) < 4.78 is 0. The molecule has 5 heteroatoms. The van der Waals surface area contributed by atoms with Crippen molar-refractivity contribution in [3.05, 3.63) is 28.8 Å². The Kier molecular flexibility index (Phi) is 4.05. The molecule has 0 unspecified atom stereocenters. The summed E-state index contributed by atoms with van der Waals surface area (Å²) in [5.41, 5.74) is 1.41. The average Bonchev–Trinajstić information content (AvgIpc) is 2.11. The fourth-order valence-corrected chi connectivity index (χ4v) is 1.35. The number of amides is 1. The molecule has 1 aromatic carbocycles. The summed E-state index contributed by atoms with van der Waals surface area (Å²) in [5, 5.41) is 3.01. The normalized spacial score (nSPS) is 10.4. The van der Waals surface area contributed by atoms with Crippen LogP contribution in [0.25, 0.3) is 0 Å². The second-order valence-corrected chi connectivity index (χ2v) is 4.23. The molecule has 0 atom stereocenters. The van der Waals surface area contributed by atoms with Crippen LogP contribution in [-0.2, 0) is 4.79 Å². The van der Waals surface area contributed by atoms with E-state index >= 15 is 0 Å². The third-order valence-corrected chi connectivity index (χ3v) is 2.38. The van der Waals surface area contributed by atoms with Crippen LogP contribution < -0.4 is 5.32 Å². The van der Waals surface area contributed by atoms with Gasteiger partial charge in [0.1, 0.15) is 0 Å². The van der Waals surface area contributed by atoms with Crippen molar-refractivity contribution < 1.29 is 4.79 Å².